The van der Waals surface area contributed by atoms with E-state index in [1.54, 1.807) is 11.0 Å². The summed E-state index contributed by atoms with van der Waals surface area (Å²) in [6.45, 7) is 0.522. The van der Waals surface area contributed by atoms with Gasteiger partial charge in [-0.2, -0.15) is 0 Å². The molecule has 3 aromatic rings. The van der Waals surface area contributed by atoms with Crippen LogP contribution in [0.2, 0.25) is 0 Å². The Bertz CT molecular complexity index is 1090. The van der Waals surface area contributed by atoms with Crippen molar-refractivity contribution in [3.8, 4) is 10.6 Å². The van der Waals surface area contributed by atoms with Crippen LogP contribution < -0.4 is 10.6 Å². The molecule has 2 N–H and O–H groups in total. The second kappa shape index (κ2) is 9.23. The molecule has 2 aromatic carbocycles. The summed E-state index contributed by atoms with van der Waals surface area (Å²) in [7, 11) is 0. The van der Waals surface area contributed by atoms with Crippen LogP contribution in [-0.2, 0) is 4.79 Å². The predicted octanol–water partition coefficient (Wildman–Crippen LogP) is 5.37. The van der Waals surface area contributed by atoms with Gasteiger partial charge in [-0.25, -0.2) is 4.79 Å². The van der Waals surface area contributed by atoms with Gasteiger partial charge in [0.25, 0.3) is 0 Å². The van der Waals surface area contributed by atoms with Crippen LogP contribution in [0.25, 0.3) is 10.6 Å². The van der Waals surface area contributed by atoms with Crippen LogP contribution in [0.3, 0.4) is 0 Å². The third-order valence-electron chi connectivity index (χ3n) is 4.66. The lowest BCUT2D eigenvalue weighted by atomic mass is 10.2. The molecule has 0 bridgehead atoms. The molecule has 1 atom stereocenters. The highest BCUT2D eigenvalue weighted by Gasteiger charge is 2.34. The normalized spacial score (nSPS) is 15.8. The van der Waals surface area contributed by atoms with Gasteiger partial charge >= 0.3 is 6.03 Å². The Balaban J connectivity index is 1.43. The van der Waals surface area contributed by atoms with Gasteiger partial charge in [0.2, 0.25) is 11.0 Å². The van der Waals surface area contributed by atoms with Gasteiger partial charge in [0, 0.05) is 21.1 Å². The molecule has 1 aliphatic rings. The number of benzene rings is 2. The van der Waals surface area contributed by atoms with Gasteiger partial charge in [-0.05, 0) is 53.0 Å². The Kier molecular flexibility index (Phi) is 6.45. The van der Waals surface area contributed by atoms with Crippen LogP contribution in [0, 0.1) is 0 Å². The van der Waals surface area contributed by atoms with Crippen molar-refractivity contribution in [2.24, 2.45) is 0 Å². The first-order valence-electron chi connectivity index (χ1n) is 9.24. The number of halogens is 2. The number of carbonyl (C=O) groups excluding carboxylic acids is 2. The number of nitrogens with zero attached hydrogens (tertiary/aromatic N) is 3. The van der Waals surface area contributed by atoms with Crippen molar-refractivity contribution in [1.82, 2.24) is 15.1 Å². The highest BCUT2D eigenvalue weighted by molar-refractivity contribution is 9.10. The van der Waals surface area contributed by atoms with E-state index in [0.717, 1.165) is 20.9 Å². The molecule has 1 saturated heterocycles. The smallest absolute Gasteiger partial charge is 0.312 e. The van der Waals surface area contributed by atoms with E-state index in [1.807, 2.05) is 42.5 Å². The summed E-state index contributed by atoms with van der Waals surface area (Å²) in [5, 5.41) is 15.0. The Labute approximate surface area is 194 Å². The Hall–Kier alpha value is -2.30. The summed E-state index contributed by atoms with van der Waals surface area (Å²) < 4.78 is 1.73. The van der Waals surface area contributed by atoms with E-state index in [-0.39, 0.29) is 11.9 Å². The fourth-order valence-corrected chi connectivity index (χ4v) is 4.76. The van der Waals surface area contributed by atoms with Crippen molar-refractivity contribution in [2.75, 3.05) is 17.2 Å². The largest absolute Gasteiger partial charge is 0.322 e. The number of nitrogens with one attached hydrogen (secondary N) is 2. The van der Waals surface area contributed by atoms with Gasteiger partial charge in [0.15, 0.2) is 0 Å². The van der Waals surface area contributed by atoms with Crippen molar-refractivity contribution < 1.29 is 9.59 Å². The third kappa shape index (κ3) is 4.71. The molecule has 7 nitrogen and oxygen atoms in total. The molecule has 1 aromatic heterocycles. The summed E-state index contributed by atoms with van der Waals surface area (Å²) in [6, 6.07) is 14.2. The molecule has 0 saturated carbocycles. The number of hydrogen-bond acceptors (Lipinski definition) is 5. The van der Waals surface area contributed by atoms with E-state index in [2.05, 4.69) is 52.7 Å². The molecule has 30 heavy (non-hydrogen) atoms. The molecule has 1 aliphatic heterocycles. The number of aromatic nitrogens is 2. The van der Waals surface area contributed by atoms with Crippen molar-refractivity contribution in [3.63, 3.8) is 0 Å². The molecule has 1 fully saturated rings. The summed E-state index contributed by atoms with van der Waals surface area (Å²) >= 11 is 8.15. The van der Waals surface area contributed by atoms with E-state index < -0.39 is 6.04 Å². The topological polar surface area (TPSA) is 87.2 Å². The molecule has 1 unspecified atom stereocenters. The van der Waals surface area contributed by atoms with Crippen molar-refractivity contribution >= 4 is 66.0 Å². The number of urea groups is 1. The third-order valence-corrected chi connectivity index (χ3v) is 6.73. The standard InChI is InChI=1S/C20H17Br2N5O2S/c21-13-6-3-5-12(11-13)18-25-26-19(30-18)24-17(28)16-9-4-10-27(16)20(29)23-15-8-2-1-7-14(15)22/h1-3,5-8,11,16H,4,9-10H2,(H,23,29)(H,24,26,28). The predicted molar refractivity (Wildman–Crippen MR) is 125 cm³/mol. The molecule has 154 valence electrons. The maximum Gasteiger partial charge on any atom is 0.322 e. The van der Waals surface area contributed by atoms with Gasteiger partial charge in [-0.15, -0.1) is 10.2 Å². The van der Waals surface area contributed by atoms with E-state index in [4.69, 9.17) is 0 Å². The van der Waals surface area contributed by atoms with Crippen molar-refractivity contribution in [2.45, 2.75) is 18.9 Å². The zero-order chi connectivity index (χ0) is 21.1. The molecule has 4 rings (SSSR count). The van der Waals surface area contributed by atoms with E-state index >= 15 is 0 Å². The number of amides is 3. The molecule has 0 aliphatic carbocycles. The number of anilines is 2. The quantitative estimate of drug-likeness (QED) is 0.457. The molecule has 0 spiro atoms. The van der Waals surface area contributed by atoms with E-state index in [9.17, 15) is 9.59 Å². The summed E-state index contributed by atoms with van der Waals surface area (Å²) in [5.41, 5.74) is 1.58. The number of para-hydroxylation sites is 1. The lowest BCUT2D eigenvalue weighted by Crippen LogP contribution is -2.45. The fourth-order valence-electron chi connectivity index (χ4n) is 3.23. The monoisotopic (exact) mass is 549 g/mol. The minimum atomic E-state index is -0.550. The first-order chi connectivity index (χ1) is 14.5. The van der Waals surface area contributed by atoms with Crippen LogP contribution >= 0.6 is 43.2 Å². The second-order valence-corrected chi connectivity index (χ2v) is 9.42. The first kappa shape index (κ1) is 21.0. The maximum atomic E-state index is 12.8. The van der Waals surface area contributed by atoms with E-state index in [1.165, 1.54) is 11.3 Å². The number of rotatable bonds is 4. The van der Waals surface area contributed by atoms with Crippen LogP contribution in [0.1, 0.15) is 12.8 Å². The second-order valence-electron chi connectivity index (χ2n) is 6.67. The summed E-state index contributed by atoms with van der Waals surface area (Å²) in [5.74, 6) is -0.258. The molecular formula is C20H17Br2N5O2S. The summed E-state index contributed by atoms with van der Waals surface area (Å²) in [6.07, 6.45) is 1.37. The Morgan fingerprint density at radius 1 is 1.07 bits per heavy atom. The number of hydrogen-bond donors (Lipinski definition) is 2. The van der Waals surface area contributed by atoms with E-state index in [0.29, 0.717) is 28.8 Å². The lowest BCUT2D eigenvalue weighted by molar-refractivity contribution is -0.119. The van der Waals surface area contributed by atoms with Gasteiger partial charge in [0.1, 0.15) is 11.0 Å². The molecule has 3 amide bonds. The fraction of sp³-hybridized carbons (Fsp3) is 0.200. The van der Waals surface area contributed by atoms with Gasteiger partial charge in [-0.3, -0.25) is 10.1 Å². The SMILES string of the molecule is O=C(Nc1nnc(-c2cccc(Br)c2)s1)C1CCCN1C(=O)Nc1ccccc1Br. The number of likely N-dealkylation sites (tertiary alicyclic amines) is 1. The molecule has 0 radical (unpaired) electrons. The first-order valence-corrected chi connectivity index (χ1v) is 11.6. The minimum Gasteiger partial charge on any atom is -0.312 e. The summed E-state index contributed by atoms with van der Waals surface area (Å²) in [4.78, 5) is 27.1. The Morgan fingerprint density at radius 2 is 1.90 bits per heavy atom. The zero-order valence-corrected chi connectivity index (χ0v) is 19.6. The number of carbonyl (C=O) groups is 2. The highest BCUT2D eigenvalue weighted by Crippen LogP contribution is 2.29. The van der Waals surface area contributed by atoms with Gasteiger partial charge in [-0.1, -0.05) is 51.5 Å². The van der Waals surface area contributed by atoms with Gasteiger partial charge in [0.05, 0.1) is 5.69 Å². The van der Waals surface area contributed by atoms with Crippen LogP contribution in [-0.4, -0.2) is 39.6 Å². The average molecular weight is 551 g/mol. The lowest BCUT2D eigenvalue weighted by Gasteiger charge is -2.24. The highest BCUT2D eigenvalue weighted by atomic mass is 79.9. The Morgan fingerprint density at radius 3 is 2.70 bits per heavy atom. The zero-order valence-electron chi connectivity index (χ0n) is 15.6. The molecule has 10 heteroatoms. The van der Waals surface area contributed by atoms with Gasteiger partial charge < -0.3 is 10.2 Å². The average Bonchev–Trinajstić information content (AvgIpc) is 3.39. The van der Waals surface area contributed by atoms with Crippen LogP contribution in [0.4, 0.5) is 15.6 Å². The van der Waals surface area contributed by atoms with Crippen LogP contribution in [0.5, 0.6) is 0 Å². The maximum absolute atomic E-state index is 12.8. The molecule has 2 heterocycles. The van der Waals surface area contributed by atoms with Crippen molar-refractivity contribution in [3.05, 3.63) is 57.5 Å². The molecular weight excluding hydrogens is 534 g/mol. The minimum absolute atomic E-state index is 0.258. The van der Waals surface area contributed by atoms with Crippen molar-refractivity contribution in [1.29, 1.82) is 0 Å². The van der Waals surface area contributed by atoms with Crippen LogP contribution in [0.15, 0.2) is 57.5 Å².